The van der Waals surface area contributed by atoms with Crippen LogP contribution in [0.15, 0.2) is 42.5 Å². The number of para-hydroxylation sites is 1. The molecule has 1 amide bonds. The van der Waals surface area contributed by atoms with Crippen LogP contribution in [0.2, 0.25) is 0 Å². The molecule has 0 spiro atoms. The molecule has 114 valence electrons. The van der Waals surface area contributed by atoms with Gasteiger partial charge in [0.2, 0.25) is 0 Å². The third kappa shape index (κ3) is 2.91. The molecule has 0 aromatic heterocycles. The monoisotopic (exact) mass is 297 g/mol. The van der Waals surface area contributed by atoms with E-state index in [1.54, 1.807) is 6.07 Å². The molecular formula is C18H19NO3. The number of amides is 1. The van der Waals surface area contributed by atoms with Crippen LogP contribution in [0.5, 0.6) is 11.5 Å². The summed E-state index contributed by atoms with van der Waals surface area (Å²) < 4.78 is 11.0. The highest BCUT2D eigenvalue weighted by atomic mass is 16.5. The molecule has 1 heterocycles. The van der Waals surface area contributed by atoms with Crippen LogP contribution in [-0.4, -0.2) is 19.6 Å². The maximum atomic E-state index is 11.5. The van der Waals surface area contributed by atoms with Crippen LogP contribution in [0.3, 0.4) is 0 Å². The fourth-order valence-corrected chi connectivity index (χ4v) is 2.93. The van der Waals surface area contributed by atoms with Gasteiger partial charge < -0.3 is 15.2 Å². The van der Waals surface area contributed by atoms with E-state index in [4.69, 9.17) is 15.2 Å². The molecule has 4 heteroatoms. The van der Waals surface area contributed by atoms with Crippen molar-refractivity contribution in [3.05, 3.63) is 59.2 Å². The summed E-state index contributed by atoms with van der Waals surface area (Å²) in [7, 11) is 1.54. The van der Waals surface area contributed by atoms with Crippen molar-refractivity contribution in [3.8, 4) is 11.5 Å². The van der Waals surface area contributed by atoms with Crippen molar-refractivity contribution in [2.24, 2.45) is 11.7 Å². The summed E-state index contributed by atoms with van der Waals surface area (Å²) in [5, 5.41) is 0. The van der Waals surface area contributed by atoms with Gasteiger partial charge in [-0.3, -0.25) is 4.79 Å². The number of hydrogen-bond acceptors (Lipinski definition) is 3. The van der Waals surface area contributed by atoms with Crippen molar-refractivity contribution in [3.63, 3.8) is 0 Å². The molecule has 1 atom stereocenters. The Morgan fingerprint density at radius 1 is 1.32 bits per heavy atom. The predicted octanol–water partition coefficient (Wildman–Crippen LogP) is 2.59. The third-order valence-electron chi connectivity index (χ3n) is 4.01. The van der Waals surface area contributed by atoms with E-state index in [2.05, 4.69) is 6.07 Å². The topological polar surface area (TPSA) is 61.6 Å². The molecule has 0 radical (unpaired) electrons. The molecule has 0 fully saturated rings. The van der Waals surface area contributed by atoms with Gasteiger partial charge in [-0.2, -0.15) is 0 Å². The zero-order valence-corrected chi connectivity index (χ0v) is 12.5. The number of carbonyl (C=O) groups is 1. The first kappa shape index (κ1) is 14.4. The molecule has 1 unspecified atom stereocenters. The Labute approximate surface area is 129 Å². The van der Waals surface area contributed by atoms with Crippen molar-refractivity contribution < 1.29 is 14.3 Å². The van der Waals surface area contributed by atoms with E-state index in [1.807, 2.05) is 30.3 Å². The molecule has 2 N–H and O–H groups in total. The number of fused-ring (bicyclic) bond motifs is 1. The quantitative estimate of drug-likeness (QED) is 0.943. The number of rotatable bonds is 4. The Morgan fingerprint density at radius 2 is 2.14 bits per heavy atom. The van der Waals surface area contributed by atoms with E-state index < -0.39 is 5.91 Å². The summed E-state index contributed by atoms with van der Waals surface area (Å²) in [6.45, 7) is 0.689. The van der Waals surface area contributed by atoms with Crippen LogP contribution in [0.25, 0.3) is 0 Å². The standard InChI is InChI=1S/C18H19NO3/c1-21-17-7-6-12(10-15(17)18(19)20)8-13-9-14-4-2-3-5-16(14)22-11-13/h2-7,10,13H,8-9,11H2,1H3,(H2,19,20). The first-order valence-corrected chi connectivity index (χ1v) is 7.35. The van der Waals surface area contributed by atoms with Gasteiger partial charge in [-0.05, 0) is 42.2 Å². The highest BCUT2D eigenvalue weighted by Gasteiger charge is 2.20. The Balaban J connectivity index is 1.77. The van der Waals surface area contributed by atoms with E-state index in [-0.39, 0.29) is 0 Å². The van der Waals surface area contributed by atoms with Gasteiger partial charge in [0.25, 0.3) is 5.91 Å². The minimum absolute atomic E-state index is 0.393. The van der Waals surface area contributed by atoms with Gasteiger partial charge in [0.05, 0.1) is 19.3 Å². The molecule has 0 saturated heterocycles. The normalized spacial score (nSPS) is 16.5. The van der Waals surface area contributed by atoms with E-state index >= 15 is 0 Å². The van der Waals surface area contributed by atoms with E-state index in [1.165, 1.54) is 12.7 Å². The molecule has 22 heavy (non-hydrogen) atoms. The van der Waals surface area contributed by atoms with Gasteiger partial charge in [-0.1, -0.05) is 24.3 Å². The lowest BCUT2D eigenvalue weighted by atomic mass is 9.90. The average molecular weight is 297 g/mol. The molecule has 0 aliphatic carbocycles. The maximum absolute atomic E-state index is 11.5. The maximum Gasteiger partial charge on any atom is 0.252 e. The first-order chi connectivity index (χ1) is 10.7. The van der Waals surface area contributed by atoms with Crippen LogP contribution in [-0.2, 0) is 12.8 Å². The molecular weight excluding hydrogens is 278 g/mol. The number of primary amides is 1. The molecule has 2 aromatic carbocycles. The number of methoxy groups -OCH3 is 1. The summed E-state index contributed by atoms with van der Waals surface area (Å²) in [6, 6.07) is 13.7. The van der Waals surface area contributed by atoms with Gasteiger partial charge in [-0.15, -0.1) is 0 Å². The summed E-state index contributed by atoms with van der Waals surface area (Å²) in [5.74, 6) is 1.42. The van der Waals surface area contributed by atoms with Crippen LogP contribution in [0.4, 0.5) is 0 Å². The fourth-order valence-electron chi connectivity index (χ4n) is 2.93. The molecule has 0 saturated carbocycles. The van der Waals surface area contributed by atoms with Gasteiger partial charge in [-0.25, -0.2) is 0 Å². The Kier molecular flexibility index (Phi) is 4.00. The highest BCUT2D eigenvalue weighted by molar-refractivity contribution is 5.95. The van der Waals surface area contributed by atoms with Crippen molar-refractivity contribution in [2.75, 3.05) is 13.7 Å². The Bertz CT molecular complexity index is 696. The highest BCUT2D eigenvalue weighted by Crippen LogP contribution is 2.29. The van der Waals surface area contributed by atoms with Gasteiger partial charge in [0.1, 0.15) is 11.5 Å². The van der Waals surface area contributed by atoms with Gasteiger partial charge in [0, 0.05) is 5.92 Å². The van der Waals surface area contributed by atoms with Gasteiger partial charge in [0.15, 0.2) is 0 Å². The van der Waals surface area contributed by atoms with Crippen LogP contribution in [0, 0.1) is 5.92 Å². The second-order valence-corrected chi connectivity index (χ2v) is 5.59. The summed E-state index contributed by atoms with van der Waals surface area (Å²) >= 11 is 0. The number of nitrogens with two attached hydrogens (primary N) is 1. The SMILES string of the molecule is COc1ccc(CC2COc3ccccc3C2)cc1C(N)=O. The number of benzene rings is 2. The lowest BCUT2D eigenvalue weighted by Crippen LogP contribution is -2.23. The second-order valence-electron chi connectivity index (χ2n) is 5.59. The first-order valence-electron chi connectivity index (χ1n) is 7.35. The summed E-state index contributed by atoms with van der Waals surface area (Å²) in [5.41, 5.74) is 8.15. The lowest BCUT2D eigenvalue weighted by molar-refractivity contribution is 0.0997. The van der Waals surface area contributed by atoms with E-state index in [0.29, 0.717) is 23.8 Å². The molecule has 0 bridgehead atoms. The third-order valence-corrected chi connectivity index (χ3v) is 4.01. The fraction of sp³-hybridized carbons (Fsp3) is 0.278. The summed E-state index contributed by atoms with van der Waals surface area (Å²) in [4.78, 5) is 11.5. The minimum Gasteiger partial charge on any atom is -0.496 e. The molecule has 3 rings (SSSR count). The Morgan fingerprint density at radius 3 is 2.91 bits per heavy atom. The zero-order chi connectivity index (χ0) is 15.5. The van der Waals surface area contributed by atoms with Crippen LogP contribution >= 0.6 is 0 Å². The van der Waals surface area contributed by atoms with E-state index in [9.17, 15) is 4.79 Å². The van der Waals surface area contributed by atoms with Crippen molar-refractivity contribution in [1.82, 2.24) is 0 Å². The largest absolute Gasteiger partial charge is 0.496 e. The van der Waals surface area contributed by atoms with Crippen LogP contribution < -0.4 is 15.2 Å². The number of hydrogen-bond donors (Lipinski definition) is 1. The Hall–Kier alpha value is -2.49. The number of carbonyl (C=O) groups excluding carboxylic acids is 1. The van der Waals surface area contributed by atoms with Crippen molar-refractivity contribution in [1.29, 1.82) is 0 Å². The summed E-state index contributed by atoms with van der Waals surface area (Å²) in [6.07, 6.45) is 1.83. The van der Waals surface area contributed by atoms with Crippen molar-refractivity contribution in [2.45, 2.75) is 12.8 Å². The molecule has 1 aliphatic heterocycles. The number of ether oxygens (including phenoxy) is 2. The lowest BCUT2D eigenvalue weighted by Gasteiger charge is -2.25. The molecule has 2 aromatic rings. The van der Waals surface area contributed by atoms with Crippen LogP contribution in [0.1, 0.15) is 21.5 Å². The second kappa shape index (κ2) is 6.10. The molecule has 1 aliphatic rings. The smallest absolute Gasteiger partial charge is 0.252 e. The predicted molar refractivity (Wildman–Crippen MR) is 84.3 cm³/mol. The van der Waals surface area contributed by atoms with Gasteiger partial charge >= 0.3 is 0 Å². The van der Waals surface area contributed by atoms with Crippen molar-refractivity contribution >= 4 is 5.91 Å². The molecule has 4 nitrogen and oxygen atoms in total. The average Bonchev–Trinajstić information content (AvgIpc) is 2.54. The minimum atomic E-state index is -0.469. The zero-order valence-electron chi connectivity index (χ0n) is 12.5. The van der Waals surface area contributed by atoms with E-state index in [0.717, 1.165) is 24.2 Å².